The molecule has 0 spiro atoms. The van der Waals surface area contributed by atoms with E-state index >= 15 is 0 Å². The van der Waals surface area contributed by atoms with Crippen molar-refractivity contribution >= 4 is 0 Å². The molecule has 2 rings (SSSR count). The zero-order valence-electron chi connectivity index (χ0n) is 10.5. The Morgan fingerprint density at radius 2 is 2.17 bits per heavy atom. The highest BCUT2D eigenvalue weighted by atomic mass is 16.5. The molecule has 5 nitrogen and oxygen atoms in total. The van der Waals surface area contributed by atoms with Gasteiger partial charge in [0.05, 0.1) is 5.56 Å². The molecule has 0 fully saturated rings. The number of aromatic nitrogens is 2. The number of phenols is 1. The molecule has 2 aromatic rings. The molecule has 18 heavy (non-hydrogen) atoms. The van der Waals surface area contributed by atoms with Gasteiger partial charge in [0.15, 0.2) is 0 Å². The fourth-order valence-corrected chi connectivity index (χ4v) is 1.74. The van der Waals surface area contributed by atoms with E-state index in [1.807, 2.05) is 0 Å². The summed E-state index contributed by atoms with van der Waals surface area (Å²) in [6, 6.07) is 6.86. The van der Waals surface area contributed by atoms with Crippen LogP contribution in [0.4, 0.5) is 0 Å². The first-order chi connectivity index (χ1) is 8.76. The van der Waals surface area contributed by atoms with Gasteiger partial charge in [0.2, 0.25) is 5.82 Å². The van der Waals surface area contributed by atoms with Crippen molar-refractivity contribution in [3.8, 4) is 17.2 Å². The summed E-state index contributed by atoms with van der Waals surface area (Å²) in [7, 11) is 1.62. The molecule has 5 heteroatoms. The van der Waals surface area contributed by atoms with Gasteiger partial charge in [-0.3, -0.25) is 0 Å². The van der Waals surface area contributed by atoms with Crippen LogP contribution in [0.1, 0.15) is 31.7 Å². The Hall–Kier alpha value is -1.88. The van der Waals surface area contributed by atoms with Crippen molar-refractivity contribution in [2.24, 2.45) is 0 Å². The number of rotatable bonds is 5. The number of hydrogen-bond acceptors (Lipinski definition) is 5. The van der Waals surface area contributed by atoms with E-state index in [-0.39, 0.29) is 11.9 Å². The minimum Gasteiger partial charge on any atom is -0.507 e. The molecular weight excluding hydrogens is 232 g/mol. The summed E-state index contributed by atoms with van der Waals surface area (Å²) >= 11 is 0. The zero-order chi connectivity index (χ0) is 13.0. The normalized spacial score (nSPS) is 12.6. The first-order valence-corrected chi connectivity index (χ1v) is 5.91. The van der Waals surface area contributed by atoms with E-state index in [1.165, 1.54) is 0 Å². The van der Waals surface area contributed by atoms with Crippen molar-refractivity contribution in [3.63, 3.8) is 0 Å². The molecule has 1 aromatic heterocycles. The van der Waals surface area contributed by atoms with Crippen molar-refractivity contribution < 1.29 is 14.4 Å². The van der Waals surface area contributed by atoms with Gasteiger partial charge in [-0.05, 0) is 18.6 Å². The second-order valence-corrected chi connectivity index (χ2v) is 3.99. The summed E-state index contributed by atoms with van der Waals surface area (Å²) in [5.74, 6) is 0.941. The maximum atomic E-state index is 9.71. The van der Waals surface area contributed by atoms with Gasteiger partial charge in [-0.2, -0.15) is 4.98 Å². The van der Waals surface area contributed by atoms with E-state index in [1.54, 1.807) is 31.4 Å². The molecule has 0 saturated heterocycles. The molecule has 0 amide bonds. The molecule has 0 aliphatic heterocycles. The molecule has 1 atom stereocenters. The number of hydrogen-bond donors (Lipinski definition) is 1. The summed E-state index contributed by atoms with van der Waals surface area (Å²) in [5, 5.41) is 13.6. The minimum atomic E-state index is -0.168. The van der Waals surface area contributed by atoms with Crippen LogP contribution in [-0.2, 0) is 4.74 Å². The van der Waals surface area contributed by atoms with E-state index in [0.717, 1.165) is 12.8 Å². The number of benzene rings is 1. The van der Waals surface area contributed by atoms with Gasteiger partial charge in [-0.1, -0.05) is 30.6 Å². The van der Waals surface area contributed by atoms with Crippen LogP contribution in [0.5, 0.6) is 5.75 Å². The molecule has 0 saturated carbocycles. The van der Waals surface area contributed by atoms with Crippen molar-refractivity contribution in [2.45, 2.75) is 25.9 Å². The van der Waals surface area contributed by atoms with Crippen LogP contribution in [0.15, 0.2) is 28.8 Å². The summed E-state index contributed by atoms with van der Waals surface area (Å²) in [5.41, 5.74) is 0.530. The Kier molecular flexibility index (Phi) is 3.94. The Balaban J connectivity index is 2.28. The van der Waals surface area contributed by atoms with Gasteiger partial charge in [0.25, 0.3) is 5.89 Å². The van der Waals surface area contributed by atoms with Crippen LogP contribution in [0.3, 0.4) is 0 Å². The highest BCUT2D eigenvalue weighted by Gasteiger charge is 2.18. The highest BCUT2D eigenvalue weighted by Crippen LogP contribution is 2.29. The van der Waals surface area contributed by atoms with Crippen molar-refractivity contribution in [3.05, 3.63) is 30.1 Å². The third kappa shape index (κ3) is 2.51. The van der Waals surface area contributed by atoms with Crippen LogP contribution in [-0.4, -0.2) is 22.4 Å². The maximum Gasteiger partial charge on any atom is 0.261 e. The van der Waals surface area contributed by atoms with E-state index in [4.69, 9.17) is 9.26 Å². The van der Waals surface area contributed by atoms with Crippen LogP contribution in [0.2, 0.25) is 0 Å². The molecule has 1 heterocycles. The number of aromatic hydroxyl groups is 1. The van der Waals surface area contributed by atoms with Gasteiger partial charge < -0.3 is 14.4 Å². The molecule has 0 aliphatic rings. The van der Waals surface area contributed by atoms with E-state index in [0.29, 0.717) is 17.3 Å². The summed E-state index contributed by atoms with van der Waals surface area (Å²) in [6.07, 6.45) is 1.63. The number of ether oxygens (including phenoxy) is 1. The number of methoxy groups -OCH3 is 1. The Morgan fingerprint density at radius 3 is 2.83 bits per heavy atom. The molecule has 1 unspecified atom stereocenters. The average Bonchev–Trinajstić information content (AvgIpc) is 2.85. The van der Waals surface area contributed by atoms with E-state index < -0.39 is 0 Å². The van der Waals surface area contributed by atoms with Gasteiger partial charge in [-0.25, -0.2) is 0 Å². The second-order valence-electron chi connectivity index (χ2n) is 3.99. The first-order valence-electron chi connectivity index (χ1n) is 5.91. The predicted molar refractivity (Wildman–Crippen MR) is 66.1 cm³/mol. The van der Waals surface area contributed by atoms with Crippen LogP contribution >= 0.6 is 0 Å². The van der Waals surface area contributed by atoms with Crippen LogP contribution in [0.25, 0.3) is 11.5 Å². The molecular formula is C13H16N2O3. The Morgan fingerprint density at radius 1 is 1.39 bits per heavy atom. The highest BCUT2D eigenvalue weighted by molar-refractivity contribution is 5.61. The predicted octanol–water partition coefficient (Wildman–Crippen LogP) is 2.93. The van der Waals surface area contributed by atoms with Gasteiger partial charge in [-0.15, -0.1) is 0 Å². The Labute approximate surface area is 105 Å². The standard InChI is InChI=1S/C13H16N2O3/c1-3-6-11(17-2)12-14-13(18-15-12)9-7-4-5-8-10(9)16/h4-5,7-8,11,16H,3,6H2,1-2H3. The van der Waals surface area contributed by atoms with Crippen molar-refractivity contribution in [1.82, 2.24) is 10.1 Å². The fourth-order valence-electron chi connectivity index (χ4n) is 1.74. The summed E-state index contributed by atoms with van der Waals surface area (Å²) < 4.78 is 10.5. The molecule has 1 aromatic carbocycles. The van der Waals surface area contributed by atoms with Crippen LogP contribution in [0, 0.1) is 0 Å². The largest absolute Gasteiger partial charge is 0.507 e. The lowest BCUT2D eigenvalue weighted by Crippen LogP contribution is -2.03. The van der Waals surface area contributed by atoms with E-state index in [9.17, 15) is 5.11 Å². The summed E-state index contributed by atoms with van der Waals surface area (Å²) in [4.78, 5) is 4.27. The maximum absolute atomic E-state index is 9.71. The lowest BCUT2D eigenvalue weighted by molar-refractivity contribution is 0.0854. The van der Waals surface area contributed by atoms with E-state index in [2.05, 4.69) is 17.1 Å². The van der Waals surface area contributed by atoms with Crippen molar-refractivity contribution in [2.75, 3.05) is 7.11 Å². The molecule has 0 aliphatic carbocycles. The quantitative estimate of drug-likeness (QED) is 0.881. The Bertz CT molecular complexity index is 510. The smallest absolute Gasteiger partial charge is 0.261 e. The topological polar surface area (TPSA) is 68.4 Å². The molecule has 1 N–H and O–H groups in total. The molecule has 0 bridgehead atoms. The number of para-hydroxylation sites is 1. The summed E-state index contributed by atoms with van der Waals surface area (Å²) in [6.45, 7) is 2.07. The van der Waals surface area contributed by atoms with Gasteiger partial charge in [0, 0.05) is 7.11 Å². The average molecular weight is 248 g/mol. The zero-order valence-corrected chi connectivity index (χ0v) is 10.5. The number of phenolic OH excluding ortho intramolecular Hbond substituents is 1. The third-order valence-corrected chi connectivity index (χ3v) is 2.70. The first kappa shape index (κ1) is 12.6. The SMILES string of the molecule is CCCC(OC)c1noc(-c2ccccc2O)n1. The third-order valence-electron chi connectivity index (χ3n) is 2.70. The lowest BCUT2D eigenvalue weighted by atomic mass is 10.2. The van der Waals surface area contributed by atoms with Crippen LogP contribution < -0.4 is 0 Å². The number of nitrogens with zero attached hydrogens (tertiary/aromatic N) is 2. The molecule has 0 radical (unpaired) electrons. The monoisotopic (exact) mass is 248 g/mol. The molecule has 96 valence electrons. The lowest BCUT2D eigenvalue weighted by Gasteiger charge is -2.08. The second kappa shape index (κ2) is 5.64. The van der Waals surface area contributed by atoms with Gasteiger partial charge in [0.1, 0.15) is 11.9 Å². The van der Waals surface area contributed by atoms with Crippen molar-refractivity contribution in [1.29, 1.82) is 0 Å². The minimum absolute atomic E-state index is 0.122. The fraction of sp³-hybridized carbons (Fsp3) is 0.385. The van der Waals surface area contributed by atoms with Gasteiger partial charge >= 0.3 is 0 Å².